The van der Waals surface area contributed by atoms with Gasteiger partial charge in [-0.1, -0.05) is 12.1 Å². The first-order valence-corrected chi connectivity index (χ1v) is 5.74. The molecule has 104 valence electrons. The van der Waals surface area contributed by atoms with Crippen molar-refractivity contribution in [2.75, 3.05) is 14.2 Å². The Bertz CT molecular complexity index is 756. The Morgan fingerprint density at radius 3 is 2.35 bits per heavy atom. The Labute approximate surface area is 113 Å². The van der Waals surface area contributed by atoms with Gasteiger partial charge in [0.05, 0.1) is 19.6 Å². The Hall–Kier alpha value is -2.63. The lowest BCUT2D eigenvalue weighted by molar-refractivity contribution is 0.0522. The Kier molecular flexibility index (Phi) is 3.56. The minimum Gasteiger partial charge on any atom is -0.465 e. The molecule has 0 aliphatic carbocycles. The summed E-state index contributed by atoms with van der Waals surface area (Å²) in [6.45, 7) is 1.72. The summed E-state index contributed by atoms with van der Waals surface area (Å²) in [7, 11) is 2.31. The number of hydrogen-bond donors (Lipinski definition) is 0. The van der Waals surface area contributed by atoms with Gasteiger partial charge in [0.2, 0.25) is 5.76 Å². The fourth-order valence-electron chi connectivity index (χ4n) is 2.02. The van der Waals surface area contributed by atoms with Crippen LogP contribution in [0.5, 0.6) is 0 Å². The number of aryl methyl sites for hydroxylation is 1. The Morgan fingerprint density at radius 2 is 1.75 bits per heavy atom. The molecule has 2 aromatic rings. The molecule has 0 spiro atoms. The molecular formula is C14H12O6. The molecule has 0 atom stereocenters. The second-order valence-electron chi connectivity index (χ2n) is 4.07. The third kappa shape index (κ3) is 2.05. The minimum absolute atomic E-state index is 0.105. The summed E-state index contributed by atoms with van der Waals surface area (Å²) >= 11 is 0. The molecule has 1 aromatic carbocycles. The highest BCUT2D eigenvalue weighted by molar-refractivity contribution is 6.11. The largest absolute Gasteiger partial charge is 0.465 e. The summed E-state index contributed by atoms with van der Waals surface area (Å²) in [6.07, 6.45) is 0. The number of fused-ring (bicyclic) bond motifs is 1. The lowest BCUT2D eigenvalue weighted by Crippen LogP contribution is -2.17. The molecular weight excluding hydrogens is 264 g/mol. The van der Waals surface area contributed by atoms with E-state index in [0.29, 0.717) is 10.9 Å². The molecule has 0 aliphatic heterocycles. The smallest absolute Gasteiger partial charge is 0.375 e. The first kappa shape index (κ1) is 13.8. The molecule has 0 amide bonds. The summed E-state index contributed by atoms with van der Waals surface area (Å²) in [6, 6.07) is 4.89. The van der Waals surface area contributed by atoms with Crippen molar-refractivity contribution in [2.45, 2.75) is 6.92 Å². The predicted octanol–water partition coefficient (Wildman–Crippen LogP) is 1.67. The van der Waals surface area contributed by atoms with Crippen LogP contribution in [-0.4, -0.2) is 26.2 Å². The molecule has 0 N–H and O–H groups in total. The zero-order valence-corrected chi connectivity index (χ0v) is 11.2. The van der Waals surface area contributed by atoms with Crippen molar-refractivity contribution >= 4 is 22.7 Å². The molecule has 0 radical (unpaired) electrons. The molecule has 1 heterocycles. The van der Waals surface area contributed by atoms with E-state index in [1.165, 1.54) is 13.2 Å². The predicted molar refractivity (Wildman–Crippen MR) is 69.9 cm³/mol. The zero-order valence-electron chi connectivity index (χ0n) is 11.2. The standard InChI is InChI=1S/C14H12O6/c1-7-5-4-6-8-9(7)10(13(16)18-2)11(14(17)19-3)20-12(8)15/h4-6H,1-3H3. The van der Waals surface area contributed by atoms with Crippen LogP contribution in [0.25, 0.3) is 10.8 Å². The first-order chi connectivity index (χ1) is 9.51. The highest BCUT2D eigenvalue weighted by Gasteiger charge is 2.27. The van der Waals surface area contributed by atoms with Crippen LogP contribution in [-0.2, 0) is 9.47 Å². The van der Waals surface area contributed by atoms with Gasteiger partial charge in [0.15, 0.2) is 0 Å². The fraction of sp³-hybridized carbons (Fsp3) is 0.214. The number of methoxy groups -OCH3 is 2. The van der Waals surface area contributed by atoms with Crippen molar-refractivity contribution in [1.29, 1.82) is 0 Å². The van der Waals surface area contributed by atoms with Crippen LogP contribution < -0.4 is 5.63 Å². The third-order valence-electron chi connectivity index (χ3n) is 2.92. The van der Waals surface area contributed by atoms with E-state index >= 15 is 0 Å². The molecule has 20 heavy (non-hydrogen) atoms. The number of carbonyl (C=O) groups is 2. The van der Waals surface area contributed by atoms with Gasteiger partial charge in [0, 0.05) is 5.39 Å². The van der Waals surface area contributed by atoms with Crippen molar-refractivity contribution in [1.82, 2.24) is 0 Å². The van der Waals surface area contributed by atoms with Crippen LogP contribution in [0, 0.1) is 6.92 Å². The molecule has 0 saturated carbocycles. The molecule has 0 fully saturated rings. The van der Waals surface area contributed by atoms with Gasteiger partial charge in [0.1, 0.15) is 5.56 Å². The molecule has 0 aliphatic rings. The van der Waals surface area contributed by atoms with E-state index in [9.17, 15) is 14.4 Å². The maximum atomic E-state index is 11.9. The summed E-state index contributed by atoms with van der Waals surface area (Å²) in [4.78, 5) is 35.5. The quantitative estimate of drug-likeness (QED) is 0.776. The SMILES string of the molecule is COC(=O)c1oc(=O)c2cccc(C)c2c1C(=O)OC. The molecule has 0 bridgehead atoms. The van der Waals surface area contributed by atoms with Crippen LogP contribution in [0.1, 0.15) is 26.5 Å². The van der Waals surface area contributed by atoms with E-state index in [2.05, 4.69) is 9.47 Å². The summed E-state index contributed by atoms with van der Waals surface area (Å²) in [5.41, 5.74) is -0.162. The van der Waals surface area contributed by atoms with Gasteiger partial charge in [-0.25, -0.2) is 14.4 Å². The normalized spacial score (nSPS) is 10.3. The van der Waals surface area contributed by atoms with Crippen LogP contribution in [0.15, 0.2) is 27.4 Å². The highest BCUT2D eigenvalue weighted by Crippen LogP contribution is 2.24. The van der Waals surface area contributed by atoms with Crippen molar-refractivity contribution in [3.63, 3.8) is 0 Å². The summed E-state index contributed by atoms with van der Waals surface area (Å²) < 4.78 is 14.1. The van der Waals surface area contributed by atoms with E-state index in [0.717, 1.165) is 7.11 Å². The number of esters is 2. The van der Waals surface area contributed by atoms with Crippen LogP contribution in [0.3, 0.4) is 0 Å². The second kappa shape index (κ2) is 5.16. The maximum Gasteiger partial charge on any atom is 0.375 e. The van der Waals surface area contributed by atoms with Crippen LogP contribution >= 0.6 is 0 Å². The molecule has 0 saturated heterocycles. The van der Waals surface area contributed by atoms with Gasteiger partial charge in [-0.05, 0) is 18.6 Å². The Morgan fingerprint density at radius 1 is 1.10 bits per heavy atom. The van der Waals surface area contributed by atoms with Gasteiger partial charge in [-0.15, -0.1) is 0 Å². The second-order valence-corrected chi connectivity index (χ2v) is 4.07. The summed E-state index contributed by atoms with van der Waals surface area (Å²) in [5, 5.41) is 0.536. The minimum atomic E-state index is -0.910. The molecule has 0 unspecified atom stereocenters. The van der Waals surface area contributed by atoms with Gasteiger partial charge in [0.25, 0.3) is 0 Å². The van der Waals surface area contributed by atoms with Gasteiger partial charge in [-0.2, -0.15) is 0 Å². The van der Waals surface area contributed by atoms with E-state index in [4.69, 9.17) is 4.42 Å². The van der Waals surface area contributed by atoms with Crippen molar-refractivity contribution in [3.8, 4) is 0 Å². The van der Waals surface area contributed by atoms with E-state index in [1.54, 1.807) is 19.1 Å². The third-order valence-corrected chi connectivity index (χ3v) is 2.92. The van der Waals surface area contributed by atoms with Crippen LogP contribution in [0.4, 0.5) is 0 Å². The molecule has 1 aromatic heterocycles. The van der Waals surface area contributed by atoms with Gasteiger partial charge >= 0.3 is 17.6 Å². The van der Waals surface area contributed by atoms with Crippen molar-refractivity contribution in [3.05, 3.63) is 45.5 Å². The lowest BCUT2D eigenvalue weighted by atomic mass is 10.0. The maximum absolute atomic E-state index is 11.9. The number of benzene rings is 1. The molecule has 2 rings (SSSR count). The Balaban J connectivity index is 3.01. The highest BCUT2D eigenvalue weighted by atomic mass is 16.5. The van der Waals surface area contributed by atoms with Gasteiger partial charge < -0.3 is 13.9 Å². The number of hydrogen-bond acceptors (Lipinski definition) is 6. The first-order valence-electron chi connectivity index (χ1n) is 5.74. The number of carbonyl (C=O) groups excluding carboxylic acids is 2. The van der Waals surface area contributed by atoms with E-state index in [-0.39, 0.29) is 10.9 Å². The lowest BCUT2D eigenvalue weighted by Gasteiger charge is -2.10. The van der Waals surface area contributed by atoms with Crippen LogP contribution in [0.2, 0.25) is 0 Å². The number of rotatable bonds is 2. The average molecular weight is 276 g/mol. The topological polar surface area (TPSA) is 82.8 Å². The number of ether oxygens (including phenoxy) is 2. The van der Waals surface area contributed by atoms with Crippen molar-refractivity contribution in [2.24, 2.45) is 0 Å². The van der Waals surface area contributed by atoms with E-state index in [1.807, 2.05) is 0 Å². The fourth-order valence-corrected chi connectivity index (χ4v) is 2.02. The monoisotopic (exact) mass is 276 g/mol. The van der Waals surface area contributed by atoms with E-state index < -0.39 is 23.3 Å². The molecule has 6 heteroatoms. The average Bonchev–Trinajstić information content (AvgIpc) is 2.46. The summed E-state index contributed by atoms with van der Waals surface area (Å²) in [5.74, 6) is -2.13. The zero-order chi connectivity index (χ0) is 14.9. The molecule has 6 nitrogen and oxygen atoms in total. The van der Waals surface area contributed by atoms with Gasteiger partial charge in [-0.3, -0.25) is 0 Å². The van der Waals surface area contributed by atoms with Crippen molar-refractivity contribution < 1.29 is 23.5 Å².